The minimum Gasteiger partial charge on any atom is -0.313 e. The first-order chi connectivity index (χ1) is 6.83. The molecule has 2 nitrogen and oxygen atoms in total. The highest BCUT2D eigenvalue weighted by molar-refractivity contribution is 4.93. The molecular weight excluding hydrogens is 172 g/mol. The van der Waals surface area contributed by atoms with E-state index in [0.29, 0.717) is 0 Å². The predicted octanol–water partition coefficient (Wildman–Crippen LogP) is 2.00. The smallest absolute Gasteiger partial charge is 0.0252 e. The van der Waals surface area contributed by atoms with Gasteiger partial charge in [-0.25, -0.2) is 0 Å². The summed E-state index contributed by atoms with van der Waals surface area (Å²) in [6, 6.07) is 2.45. The van der Waals surface area contributed by atoms with Crippen LogP contribution in [0.15, 0.2) is 0 Å². The number of likely N-dealkylation sites (N-methyl/N-ethyl adjacent to an activating group) is 1. The van der Waals surface area contributed by atoms with Crippen LogP contribution in [0.5, 0.6) is 0 Å². The molecule has 2 aliphatic rings. The van der Waals surface area contributed by atoms with Crippen LogP contribution in [-0.2, 0) is 0 Å². The van der Waals surface area contributed by atoms with Gasteiger partial charge in [-0.15, -0.1) is 0 Å². The molecule has 0 aromatic carbocycles. The lowest BCUT2D eigenvalue weighted by atomic mass is 10.1. The minimum absolute atomic E-state index is 0.778. The number of hydrogen-bond donors (Lipinski definition) is 1. The van der Waals surface area contributed by atoms with Gasteiger partial charge in [-0.05, 0) is 45.7 Å². The van der Waals surface area contributed by atoms with E-state index in [9.17, 15) is 0 Å². The van der Waals surface area contributed by atoms with E-state index in [1.807, 2.05) is 0 Å². The van der Waals surface area contributed by atoms with Crippen molar-refractivity contribution in [2.45, 2.75) is 64.1 Å². The van der Waals surface area contributed by atoms with Gasteiger partial charge in [0, 0.05) is 18.1 Å². The fourth-order valence-electron chi connectivity index (χ4n) is 3.29. The fraction of sp³-hybridized carbons (Fsp3) is 1.00. The molecule has 1 saturated carbocycles. The van der Waals surface area contributed by atoms with E-state index >= 15 is 0 Å². The summed E-state index contributed by atoms with van der Waals surface area (Å²) in [5.74, 6) is 0. The summed E-state index contributed by atoms with van der Waals surface area (Å²) in [7, 11) is 0. The lowest BCUT2D eigenvalue weighted by Crippen LogP contribution is -2.48. The van der Waals surface area contributed by atoms with Crippen molar-refractivity contribution in [1.82, 2.24) is 10.2 Å². The maximum absolute atomic E-state index is 3.65. The summed E-state index contributed by atoms with van der Waals surface area (Å²) < 4.78 is 0. The molecule has 2 fully saturated rings. The molecule has 82 valence electrons. The van der Waals surface area contributed by atoms with Crippen LogP contribution in [0.4, 0.5) is 0 Å². The van der Waals surface area contributed by atoms with Crippen molar-refractivity contribution in [3.05, 3.63) is 0 Å². The van der Waals surface area contributed by atoms with Gasteiger partial charge in [0.05, 0.1) is 0 Å². The fourth-order valence-corrected chi connectivity index (χ4v) is 3.29. The lowest BCUT2D eigenvalue weighted by molar-refractivity contribution is 0.167. The van der Waals surface area contributed by atoms with Crippen LogP contribution in [0, 0.1) is 0 Å². The molecule has 1 aliphatic carbocycles. The van der Waals surface area contributed by atoms with Crippen LogP contribution < -0.4 is 5.32 Å². The first-order valence-corrected chi connectivity index (χ1v) is 6.32. The van der Waals surface area contributed by atoms with E-state index in [-0.39, 0.29) is 0 Å². The monoisotopic (exact) mass is 196 g/mol. The van der Waals surface area contributed by atoms with Crippen molar-refractivity contribution in [3.8, 4) is 0 Å². The number of rotatable bonds is 3. The molecule has 3 unspecified atom stereocenters. The predicted molar refractivity (Wildman–Crippen MR) is 60.5 cm³/mol. The van der Waals surface area contributed by atoms with Gasteiger partial charge < -0.3 is 5.32 Å². The Kier molecular flexibility index (Phi) is 3.45. The van der Waals surface area contributed by atoms with E-state index in [1.165, 1.54) is 38.6 Å². The number of nitrogens with one attached hydrogen (secondary N) is 1. The SMILES string of the molecule is CCNC1CCCC1N1CCCC1C. The highest BCUT2D eigenvalue weighted by Crippen LogP contribution is 2.30. The number of hydrogen-bond acceptors (Lipinski definition) is 2. The Hall–Kier alpha value is -0.0800. The third-order valence-corrected chi connectivity index (χ3v) is 3.98. The third kappa shape index (κ3) is 1.96. The first kappa shape index (κ1) is 10.4. The van der Waals surface area contributed by atoms with E-state index in [2.05, 4.69) is 24.1 Å². The van der Waals surface area contributed by atoms with Crippen LogP contribution in [0.1, 0.15) is 46.0 Å². The van der Waals surface area contributed by atoms with Gasteiger partial charge in [0.1, 0.15) is 0 Å². The normalized spacial score (nSPS) is 39.4. The molecule has 2 rings (SSSR count). The summed E-state index contributed by atoms with van der Waals surface area (Å²) in [5, 5.41) is 3.65. The van der Waals surface area contributed by atoms with E-state index in [1.54, 1.807) is 0 Å². The topological polar surface area (TPSA) is 15.3 Å². The molecule has 2 heteroatoms. The molecule has 0 radical (unpaired) electrons. The molecular formula is C12H24N2. The van der Waals surface area contributed by atoms with Crippen LogP contribution in [0.25, 0.3) is 0 Å². The Morgan fingerprint density at radius 2 is 2.07 bits per heavy atom. The summed E-state index contributed by atoms with van der Waals surface area (Å²) in [6.07, 6.45) is 7.06. The van der Waals surface area contributed by atoms with E-state index in [0.717, 1.165) is 24.7 Å². The Morgan fingerprint density at radius 3 is 2.71 bits per heavy atom. The molecule has 3 atom stereocenters. The van der Waals surface area contributed by atoms with Crippen LogP contribution in [0.2, 0.25) is 0 Å². The lowest BCUT2D eigenvalue weighted by Gasteiger charge is -2.33. The van der Waals surface area contributed by atoms with E-state index < -0.39 is 0 Å². The second kappa shape index (κ2) is 4.63. The highest BCUT2D eigenvalue weighted by Gasteiger charge is 2.35. The maximum Gasteiger partial charge on any atom is 0.0252 e. The second-order valence-electron chi connectivity index (χ2n) is 4.89. The zero-order valence-corrected chi connectivity index (χ0v) is 9.63. The maximum atomic E-state index is 3.65. The first-order valence-electron chi connectivity index (χ1n) is 6.32. The van der Waals surface area contributed by atoms with Gasteiger partial charge in [-0.1, -0.05) is 13.3 Å². The number of nitrogens with zero attached hydrogens (tertiary/aromatic N) is 1. The molecule has 0 spiro atoms. The molecule has 1 heterocycles. The third-order valence-electron chi connectivity index (χ3n) is 3.98. The summed E-state index contributed by atoms with van der Waals surface area (Å²) in [5.41, 5.74) is 0. The van der Waals surface area contributed by atoms with Gasteiger partial charge in [-0.2, -0.15) is 0 Å². The summed E-state index contributed by atoms with van der Waals surface area (Å²) >= 11 is 0. The molecule has 0 aromatic heterocycles. The van der Waals surface area contributed by atoms with Crippen molar-refractivity contribution in [2.24, 2.45) is 0 Å². The Labute approximate surface area is 88.1 Å². The molecule has 0 bridgehead atoms. The van der Waals surface area contributed by atoms with E-state index in [4.69, 9.17) is 0 Å². The van der Waals surface area contributed by atoms with Gasteiger partial charge in [0.25, 0.3) is 0 Å². The average Bonchev–Trinajstić information content (AvgIpc) is 2.74. The largest absolute Gasteiger partial charge is 0.313 e. The van der Waals surface area contributed by atoms with Crippen LogP contribution in [-0.4, -0.2) is 36.1 Å². The van der Waals surface area contributed by atoms with Crippen LogP contribution in [0.3, 0.4) is 0 Å². The zero-order chi connectivity index (χ0) is 9.97. The highest BCUT2D eigenvalue weighted by atomic mass is 15.2. The van der Waals surface area contributed by atoms with Crippen molar-refractivity contribution in [1.29, 1.82) is 0 Å². The molecule has 1 aliphatic heterocycles. The summed E-state index contributed by atoms with van der Waals surface area (Å²) in [6.45, 7) is 7.09. The van der Waals surface area contributed by atoms with Crippen molar-refractivity contribution in [2.75, 3.05) is 13.1 Å². The minimum atomic E-state index is 0.778. The van der Waals surface area contributed by atoms with Gasteiger partial charge in [0.2, 0.25) is 0 Å². The quantitative estimate of drug-likeness (QED) is 0.743. The second-order valence-corrected chi connectivity index (χ2v) is 4.89. The van der Waals surface area contributed by atoms with Gasteiger partial charge in [0.15, 0.2) is 0 Å². The number of likely N-dealkylation sites (tertiary alicyclic amines) is 1. The van der Waals surface area contributed by atoms with Gasteiger partial charge >= 0.3 is 0 Å². The Morgan fingerprint density at radius 1 is 1.21 bits per heavy atom. The Bertz CT molecular complexity index is 181. The zero-order valence-electron chi connectivity index (χ0n) is 9.63. The average molecular weight is 196 g/mol. The molecule has 0 aromatic rings. The Balaban J connectivity index is 1.94. The van der Waals surface area contributed by atoms with Crippen molar-refractivity contribution < 1.29 is 0 Å². The van der Waals surface area contributed by atoms with Gasteiger partial charge in [-0.3, -0.25) is 4.90 Å². The van der Waals surface area contributed by atoms with Crippen molar-refractivity contribution >= 4 is 0 Å². The molecule has 1 N–H and O–H groups in total. The molecule has 14 heavy (non-hydrogen) atoms. The molecule has 0 amide bonds. The van der Waals surface area contributed by atoms with Crippen molar-refractivity contribution in [3.63, 3.8) is 0 Å². The molecule has 1 saturated heterocycles. The standard InChI is InChI=1S/C12H24N2/c1-3-13-11-7-4-8-12(11)14-9-5-6-10(14)2/h10-13H,3-9H2,1-2H3. The summed E-state index contributed by atoms with van der Waals surface area (Å²) in [4.78, 5) is 2.75. The van der Waals surface area contributed by atoms with Crippen LogP contribution >= 0.6 is 0 Å².